The molecule has 1 aromatic heterocycles. The molecule has 0 radical (unpaired) electrons. The van der Waals surface area contributed by atoms with Gasteiger partial charge in [0, 0.05) is 25.3 Å². The summed E-state index contributed by atoms with van der Waals surface area (Å²) in [4.78, 5) is 38.9. The number of rotatable bonds is 14. The van der Waals surface area contributed by atoms with Gasteiger partial charge in [-0.2, -0.15) is 18.3 Å². The summed E-state index contributed by atoms with van der Waals surface area (Å²) in [5.74, 6) is -1.73. The summed E-state index contributed by atoms with van der Waals surface area (Å²) in [6, 6.07) is 2.68. The van der Waals surface area contributed by atoms with Crippen LogP contribution in [0.1, 0.15) is 95.2 Å². The first kappa shape index (κ1) is 36.2. The van der Waals surface area contributed by atoms with Crippen molar-refractivity contribution in [3.63, 3.8) is 0 Å². The molecule has 10 nitrogen and oxygen atoms in total. The van der Waals surface area contributed by atoms with Gasteiger partial charge in [-0.15, -0.1) is 0 Å². The molecule has 4 rings (SSSR count). The summed E-state index contributed by atoms with van der Waals surface area (Å²) in [6.45, 7) is 9.32. The summed E-state index contributed by atoms with van der Waals surface area (Å²) >= 11 is 0. The maximum atomic E-state index is 15.4. The normalized spacial score (nSPS) is 17.3. The Balaban J connectivity index is 1.42. The minimum Gasteiger partial charge on any atom is -0.444 e. The number of carbonyl (C=O) groups is 3. The van der Waals surface area contributed by atoms with Gasteiger partial charge in [0.05, 0.1) is 5.69 Å². The number of alkyl halides is 3. The standard InChI is InChI=1S/C33H46F4N6O4/c1-18(2)43-25(13-14-40-43)29(44)42-28(27(20-7-8-20)21-9-10-21)30(45)41-24-12-11-22(15-23(24)34)19(3)16-38-26(33(35,36)37)17-39-31(46)47-32(4,5)6/h11-15,18-21,26-28,38H,7-10,16-17H2,1-6H3,(H,39,46)(H,41,45)(H,42,44)/t19-,26?,28+/m1/s1. The van der Waals surface area contributed by atoms with Gasteiger partial charge in [0.15, 0.2) is 0 Å². The molecule has 2 saturated carbocycles. The lowest BCUT2D eigenvalue weighted by Crippen LogP contribution is -2.51. The first-order valence-electron chi connectivity index (χ1n) is 16.2. The Morgan fingerprint density at radius 1 is 1.00 bits per heavy atom. The Morgan fingerprint density at radius 2 is 1.64 bits per heavy atom. The summed E-state index contributed by atoms with van der Waals surface area (Å²) < 4.78 is 62.9. The first-order valence-corrected chi connectivity index (χ1v) is 16.2. The van der Waals surface area contributed by atoms with Crippen LogP contribution in [0.3, 0.4) is 0 Å². The van der Waals surface area contributed by atoms with Crippen LogP contribution in [0.2, 0.25) is 0 Å². The minimum absolute atomic E-state index is 0.0702. The van der Waals surface area contributed by atoms with Crippen molar-refractivity contribution in [2.24, 2.45) is 17.8 Å². The molecular weight excluding hydrogens is 620 g/mol. The third-order valence-electron chi connectivity index (χ3n) is 8.41. The van der Waals surface area contributed by atoms with Crippen molar-refractivity contribution >= 4 is 23.6 Å². The molecule has 1 heterocycles. The molecular formula is C33H46F4N6O4. The third-order valence-corrected chi connectivity index (χ3v) is 8.41. The van der Waals surface area contributed by atoms with Crippen molar-refractivity contribution in [2.45, 2.75) is 103 Å². The predicted molar refractivity (Wildman–Crippen MR) is 168 cm³/mol. The Bertz CT molecular complexity index is 1400. The lowest BCUT2D eigenvalue weighted by molar-refractivity contribution is -0.154. The van der Waals surface area contributed by atoms with Crippen LogP contribution in [-0.2, 0) is 9.53 Å². The number of carbonyl (C=O) groups excluding carboxylic acids is 3. The average Bonchev–Trinajstić information content (AvgIpc) is 3.91. The van der Waals surface area contributed by atoms with Crippen molar-refractivity contribution in [1.82, 2.24) is 25.7 Å². The van der Waals surface area contributed by atoms with Crippen LogP contribution in [0.4, 0.5) is 28.0 Å². The number of aromatic nitrogens is 2. The number of halogens is 4. The monoisotopic (exact) mass is 666 g/mol. The molecule has 1 unspecified atom stereocenters. The van der Waals surface area contributed by atoms with Crippen LogP contribution < -0.4 is 21.3 Å². The Labute approximate surface area is 272 Å². The van der Waals surface area contributed by atoms with Gasteiger partial charge in [-0.1, -0.05) is 13.0 Å². The van der Waals surface area contributed by atoms with Crippen LogP contribution in [-0.4, -0.2) is 64.6 Å². The molecule has 0 aliphatic heterocycles. The van der Waals surface area contributed by atoms with Gasteiger partial charge in [0.25, 0.3) is 5.91 Å². The number of ether oxygens (including phenoxy) is 1. The number of nitrogens with zero attached hydrogens (tertiary/aromatic N) is 2. The van der Waals surface area contributed by atoms with Crippen LogP contribution in [0, 0.1) is 23.6 Å². The molecule has 2 aliphatic rings. The van der Waals surface area contributed by atoms with Crippen molar-refractivity contribution in [2.75, 3.05) is 18.4 Å². The van der Waals surface area contributed by atoms with Gasteiger partial charge in [-0.3, -0.25) is 14.3 Å². The number of amides is 3. The van der Waals surface area contributed by atoms with E-state index in [0.29, 0.717) is 23.1 Å². The van der Waals surface area contributed by atoms with Crippen LogP contribution in [0.25, 0.3) is 0 Å². The van der Waals surface area contributed by atoms with Crippen molar-refractivity contribution in [3.05, 3.63) is 47.5 Å². The highest BCUT2D eigenvalue weighted by molar-refractivity contribution is 6.00. The zero-order valence-electron chi connectivity index (χ0n) is 27.7. The quantitative estimate of drug-likeness (QED) is 0.186. The fraction of sp³-hybridized carbons (Fsp3) is 0.636. The van der Waals surface area contributed by atoms with E-state index in [1.807, 2.05) is 13.8 Å². The van der Waals surface area contributed by atoms with Gasteiger partial charge < -0.3 is 26.0 Å². The van der Waals surface area contributed by atoms with Gasteiger partial charge in [0.1, 0.15) is 29.2 Å². The van der Waals surface area contributed by atoms with Gasteiger partial charge in [-0.05, 0) is 108 Å². The summed E-state index contributed by atoms with van der Waals surface area (Å²) in [7, 11) is 0. The highest BCUT2D eigenvalue weighted by Crippen LogP contribution is 2.51. The first-order chi connectivity index (χ1) is 21.9. The van der Waals surface area contributed by atoms with Crippen molar-refractivity contribution in [3.8, 4) is 0 Å². The number of alkyl carbamates (subject to hydrolysis) is 1. The molecule has 2 aliphatic carbocycles. The lowest BCUT2D eigenvalue weighted by atomic mass is 9.88. The molecule has 3 atom stereocenters. The highest BCUT2D eigenvalue weighted by Gasteiger charge is 2.48. The van der Waals surface area contributed by atoms with Crippen LogP contribution in [0.5, 0.6) is 0 Å². The fourth-order valence-corrected chi connectivity index (χ4v) is 5.74. The summed E-state index contributed by atoms with van der Waals surface area (Å²) in [5.41, 5.74) is -0.215. The molecule has 260 valence electrons. The SMILES string of the molecule is CC(C)n1nccc1C(=O)N[C@H](C(=O)Nc1ccc([C@H](C)CNC(CNC(=O)OC(C)(C)C)C(F)(F)F)cc1F)C(C1CC1)C1CC1. The lowest BCUT2D eigenvalue weighted by Gasteiger charge is -2.28. The van der Waals surface area contributed by atoms with E-state index in [1.165, 1.54) is 18.3 Å². The zero-order chi connectivity index (χ0) is 34.7. The molecule has 4 N–H and O–H groups in total. The Kier molecular flexibility index (Phi) is 11.2. The second kappa shape index (κ2) is 14.6. The summed E-state index contributed by atoms with van der Waals surface area (Å²) in [5, 5.41) is 14.3. The van der Waals surface area contributed by atoms with Crippen LogP contribution in [0.15, 0.2) is 30.5 Å². The number of anilines is 1. The predicted octanol–water partition coefficient (Wildman–Crippen LogP) is 5.93. The number of benzene rings is 1. The molecule has 0 spiro atoms. The molecule has 3 amide bonds. The van der Waals surface area contributed by atoms with E-state index >= 15 is 4.39 Å². The van der Waals surface area contributed by atoms with E-state index in [0.717, 1.165) is 25.7 Å². The Morgan fingerprint density at radius 3 is 2.17 bits per heavy atom. The average molecular weight is 667 g/mol. The van der Waals surface area contributed by atoms with E-state index in [2.05, 4.69) is 26.4 Å². The fourth-order valence-electron chi connectivity index (χ4n) is 5.74. The second-order valence-corrected chi connectivity index (χ2v) is 14.0. The molecule has 2 fully saturated rings. The zero-order valence-corrected chi connectivity index (χ0v) is 27.7. The summed E-state index contributed by atoms with van der Waals surface area (Å²) in [6.07, 6.45) is -0.240. The second-order valence-electron chi connectivity index (χ2n) is 14.0. The topological polar surface area (TPSA) is 126 Å². The molecule has 1 aromatic carbocycles. The maximum Gasteiger partial charge on any atom is 0.407 e. The van der Waals surface area contributed by atoms with Crippen LogP contribution >= 0.6 is 0 Å². The molecule has 0 bridgehead atoms. The van der Waals surface area contributed by atoms with E-state index in [4.69, 9.17) is 4.74 Å². The smallest absolute Gasteiger partial charge is 0.407 e. The number of nitrogens with one attached hydrogen (secondary N) is 4. The molecule has 14 heteroatoms. The molecule has 0 saturated heterocycles. The minimum atomic E-state index is -4.66. The Hall–Kier alpha value is -3.68. The maximum absolute atomic E-state index is 15.4. The number of hydrogen-bond acceptors (Lipinski definition) is 6. The van der Waals surface area contributed by atoms with E-state index < -0.39 is 60.0 Å². The van der Waals surface area contributed by atoms with Crippen molar-refractivity contribution in [1.29, 1.82) is 0 Å². The number of hydrogen-bond donors (Lipinski definition) is 4. The van der Waals surface area contributed by atoms with Gasteiger partial charge >= 0.3 is 12.3 Å². The van der Waals surface area contributed by atoms with E-state index in [-0.39, 0.29) is 24.2 Å². The van der Waals surface area contributed by atoms with Gasteiger partial charge in [-0.25, -0.2) is 9.18 Å². The molecule has 47 heavy (non-hydrogen) atoms. The van der Waals surface area contributed by atoms with Crippen molar-refractivity contribution < 1.29 is 36.7 Å². The third kappa shape index (κ3) is 10.2. The van der Waals surface area contributed by atoms with E-state index in [1.54, 1.807) is 44.5 Å². The van der Waals surface area contributed by atoms with Gasteiger partial charge in [0.2, 0.25) is 5.91 Å². The molecule has 2 aromatic rings. The van der Waals surface area contributed by atoms with E-state index in [9.17, 15) is 27.6 Å². The highest BCUT2D eigenvalue weighted by atomic mass is 19.4. The largest absolute Gasteiger partial charge is 0.444 e.